The number of likely N-dealkylation sites (N-methyl/N-ethyl adjacent to an activating group) is 1. The molecule has 0 radical (unpaired) electrons. The van der Waals surface area contributed by atoms with Crippen molar-refractivity contribution in [1.29, 1.82) is 0 Å². The SMILES string of the molecule is CC1CN(C)CCCN1[C@@H]1CCCC[C@H]1O. The maximum absolute atomic E-state index is 10.1. The molecule has 1 aliphatic carbocycles. The van der Waals surface area contributed by atoms with Crippen LogP contribution in [0, 0.1) is 0 Å². The van der Waals surface area contributed by atoms with Crippen LogP contribution in [0.3, 0.4) is 0 Å². The predicted molar refractivity (Wildman–Crippen MR) is 66.5 cm³/mol. The van der Waals surface area contributed by atoms with Gasteiger partial charge in [-0.05, 0) is 39.8 Å². The zero-order chi connectivity index (χ0) is 11.5. The highest BCUT2D eigenvalue weighted by molar-refractivity contribution is 4.88. The van der Waals surface area contributed by atoms with Crippen molar-refractivity contribution < 1.29 is 5.11 Å². The highest BCUT2D eigenvalue weighted by Crippen LogP contribution is 2.26. The molecule has 0 spiro atoms. The van der Waals surface area contributed by atoms with Crippen molar-refractivity contribution in [3.05, 3.63) is 0 Å². The van der Waals surface area contributed by atoms with Gasteiger partial charge in [-0.15, -0.1) is 0 Å². The third-order valence-corrected chi connectivity index (χ3v) is 4.22. The summed E-state index contributed by atoms with van der Waals surface area (Å²) >= 11 is 0. The Morgan fingerprint density at radius 1 is 1.06 bits per heavy atom. The van der Waals surface area contributed by atoms with Gasteiger partial charge in [-0.3, -0.25) is 4.90 Å². The molecule has 1 unspecified atom stereocenters. The molecule has 3 atom stereocenters. The van der Waals surface area contributed by atoms with E-state index in [-0.39, 0.29) is 6.10 Å². The van der Waals surface area contributed by atoms with Crippen molar-refractivity contribution in [3.63, 3.8) is 0 Å². The van der Waals surface area contributed by atoms with E-state index in [1.165, 1.54) is 32.2 Å². The molecule has 0 aromatic heterocycles. The summed E-state index contributed by atoms with van der Waals surface area (Å²) in [5.74, 6) is 0. The van der Waals surface area contributed by atoms with E-state index in [1.54, 1.807) is 0 Å². The van der Waals surface area contributed by atoms with E-state index in [0.717, 1.165) is 19.5 Å². The van der Waals surface area contributed by atoms with Crippen LogP contribution in [0.15, 0.2) is 0 Å². The van der Waals surface area contributed by atoms with Crippen molar-refractivity contribution in [1.82, 2.24) is 9.80 Å². The lowest BCUT2D eigenvalue weighted by Gasteiger charge is -2.40. The fourth-order valence-electron chi connectivity index (χ4n) is 3.36. The minimum absolute atomic E-state index is 0.0837. The van der Waals surface area contributed by atoms with E-state index in [0.29, 0.717) is 12.1 Å². The second-order valence-corrected chi connectivity index (χ2v) is 5.62. The first-order valence-electron chi connectivity index (χ1n) is 6.81. The molecule has 0 aromatic rings. The van der Waals surface area contributed by atoms with Crippen LogP contribution in [0.1, 0.15) is 39.0 Å². The van der Waals surface area contributed by atoms with E-state index < -0.39 is 0 Å². The first-order valence-corrected chi connectivity index (χ1v) is 6.81. The summed E-state index contributed by atoms with van der Waals surface area (Å²) in [6, 6.07) is 1.01. The van der Waals surface area contributed by atoms with Crippen molar-refractivity contribution in [2.75, 3.05) is 26.7 Å². The standard InChI is InChI=1S/C13H26N2O/c1-11-10-14(2)8-5-9-15(11)12-6-3-4-7-13(12)16/h11-13,16H,3-10H2,1-2H3/t11?,12-,13-/m1/s1. The van der Waals surface area contributed by atoms with Gasteiger partial charge < -0.3 is 10.0 Å². The van der Waals surface area contributed by atoms with Crippen LogP contribution >= 0.6 is 0 Å². The molecule has 1 heterocycles. The number of aliphatic hydroxyl groups excluding tert-OH is 1. The van der Waals surface area contributed by atoms with Crippen molar-refractivity contribution in [2.45, 2.75) is 57.2 Å². The number of hydrogen-bond acceptors (Lipinski definition) is 3. The summed E-state index contributed by atoms with van der Waals surface area (Å²) in [6.07, 6.45) is 5.85. The first-order chi connectivity index (χ1) is 7.68. The Morgan fingerprint density at radius 2 is 1.81 bits per heavy atom. The minimum Gasteiger partial charge on any atom is -0.391 e. The van der Waals surface area contributed by atoms with E-state index in [9.17, 15) is 5.11 Å². The average Bonchev–Trinajstić information content (AvgIpc) is 2.40. The molecular weight excluding hydrogens is 200 g/mol. The van der Waals surface area contributed by atoms with Gasteiger partial charge in [0.05, 0.1) is 6.10 Å². The maximum Gasteiger partial charge on any atom is 0.0695 e. The monoisotopic (exact) mass is 226 g/mol. The summed E-state index contributed by atoms with van der Waals surface area (Å²) in [7, 11) is 2.21. The zero-order valence-electron chi connectivity index (χ0n) is 10.7. The summed E-state index contributed by atoms with van der Waals surface area (Å²) in [5, 5.41) is 10.1. The topological polar surface area (TPSA) is 26.7 Å². The normalized spacial score (nSPS) is 39.6. The van der Waals surface area contributed by atoms with Gasteiger partial charge in [-0.1, -0.05) is 12.8 Å². The summed E-state index contributed by atoms with van der Waals surface area (Å²) in [6.45, 7) is 5.81. The van der Waals surface area contributed by atoms with Gasteiger partial charge in [0.25, 0.3) is 0 Å². The van der Waals surface area contributed by atoms with Gasteiger partial charge in [0.15, 0.2) is 0 Å². The van der Waals surface area contributed by atoms with E-state index in [2.05, 4.69) is 23.8 Å². The van der Waals surface area contributed by atoms with E-state index in [1.807, 2.05) is 0 Å². The summed E-state index contributed by atoms with van der Waals surface area (Å²) in [5.41, 5.74) is 0. The van der Waals surface area contributed by atoms with Gasteiger partial charge >= 0.3 is 0 Å². The molecule has 3 nitrogen and oxygen atoms in total. The van der Waals surface area contributed by atoms with Crippen molar-refractivity contribution in [2.24, 2.45) is 0 Å². The van der Waals surface area contributed by atoms with Crippen LogP contribution in [0.2, 0.25) is 0 Å². The molecule has 2 aliphatic rings. The Bertz CT molecular complexity index is 222. The van der Waals surface area contributed by atoms with Gasteiger partial charge in [0.1, 0.15) is 0 Å². The molecule has 1 N–H and O–H groups in total. The smallest absolute Gasteiger partial charge is 0.0695 e. The number of rotatable bonds is 1. The van der Waals surface area contributed by atoms with Crippen LogP contribution in [-0.2, 0) is 0 Å². The Hall–Kier alpha value is -0.120. The highest BCUT2D eigenvalue weighted by atomic mass is 16.3. The van der Waals surface area contributed by atoms with Crippen LogP contribution < -0.4 is 0 Å². The second kappa shape index (κ2) is 5.48. The molecular formula is C13H26N2O. The van der Waals surface area contributed by atoms with Crippen LogP contribution in [0.5, 0.6) is 0 Å². The molecule has 1 saturated heterocycles. The largest absolute Gasteiger partial charge is 0.391 e. The van der Waals surface area contributed by atoms with Crippen LogP contribution in [0.25, 0.3) is 0 Å². The zero-order valence-corrected chi connectivity index (χ0v) is 10.7. The Balaban J connectivity index is 2.00. The molecule has 0 aromatic carbocycles. The lowest BCUT2D eigenvalue weighted by molar-refractivity contribution is 0.00323. The Labute approximate surface area is 99.4 Å². The predicted octanol–water partition coefficient (Wildman–Crippen LogP) is 1.32. The lowest BCUT2D eigenvalue weighted by atomic mass is 9.90. The molecule has 0 bridgehead atoms. The molecule has 94 valence electrons. The highest BCUT2D eigenvalue weighted by Gasteiger charge is 2.32. The van der Waals surface area contributed by atoms with E-state index in [4.69, 9.17) is 0 Å². The Morgan fingerprint density at radius 3 is 2.56 bits per heavy atom. The quantitative estimate of drug-likeness (QED) is 0.730. The van der Waals surface area contributed by atoms with Gasteiger partial charge in [-0.2, -0.15) is 0 Å². The molecule has 16 heavy (non-hydrogen) atoms. The average molecular weight is 226 g/mol. The fraction of sp³-hybridized carbons (Fsp3) is 1.00. The minimum atomic E-state index is -0.0837. The molecule has 2 rings (SSSR count). The second-order valence-electron chi connectivity index (χ2n) is 5.62. The molecule has 1 saturated carbocycles. The summed E-state index contributed by atoms with van der Waals surface area (Å²) < 4.78 is 0. The molecule has 3 heteroatoms. The van der Waals surface area contributed by atoms with Gasteiger partial charge in [0, 0.05) is 25.2 Å². The van der Waals surface area contributed by atoms with Gasteiger partial charge in [0.2, 0.25) is 0 Å². The number of hydrogen-bond donors (Lipinski definition) is 1. The number of nitrogens with zero attached hydrogens (tertiary/aromatic N) is 2. The molecule has 0 amide bonds. The maximum atomic E-state index is 10.1. The first kappa shape index (κ1) is 12.3. The number of aliphatic hydroxyl groups is 1. The fourth-order valence-corrected chi connectivity index (χ4v) is 3.36. The molecule has 1 aliphatic heterocycles. The molecule has 2 fully saturated rings. The lowest BCUT2D eigenvalue weighted by Crippen LogP contribution is -2.51. The third kappa shape index (κ3) is 2.76. The van der Waals surface area contributed by atoms with Gasteiger partial charge in [-0.25, -0.2) is 0 Å². The van der Waals surface area contributed by atoms with Crippen LogP contribution in [0.4, 0.5) is 0 Å². The van der Waals surface area contributed by atoms with Crippen molar-refractivity contribution >= 4 is 0 Å². The van der Waals surface area contributed by atoms with Crippen LogP contribution in [-0.4, -0.2) is 59.8 Å². The van der Waals surface area contributed by atoms with E-state index >= 15 is 0 Å². The third-order valence-electron chi connectivity index (χ3n) is 4.22. The Kier molecular flexibility index (Phi) is 4.22. The summed E-state index contributed by atoms with van der Waals surface area (Å²) in [4.78, 5) is 4.98. The van der Waals surface area contributed by atoms with Crippen molar-refractivity contribution in [3.8, 4) is 0 Å².